The molecule has 0 N–H and O–H groups in total. The summed E-state index contributed by atoms with van der Waals surface area (Å²) in [5, 5.41) is 0. The van der Waals surface area contributed by atoms with Crippen molar-refractivity contribution in [2.24, 2.45) is 0 Å². The van der Waals surface area contributed by atoms with Gasteiger partial charge in [0.2, 0.25) is 0 Å². The van der Waals surface area contributed by atoms with Gasteiger partial charge < -0.3 is 9.47 Å². The summed E-state index contributed by atoms with van der Waals surface area (Å²) in [7, 11) is 0. The molecule has 1 unspecified atom stereocenters. The predicted molar refractivity (Wildman–Crippen MR) is 57.7 cm³/mol. The molecule has 1 atom stereocenters. The van der Waals surface area contributed by atoms with Gasteiger partial charge in [-0.1, -0.05) is 22.6 Å². The number of carbonyl (C=O) groups is 1. The van der Waals surface area contributed by atoms with Gasteiger partial charge in [-0.15, -0.1) is 0 Å². The van der Waals surface area contributed by atoms with E-state index >= 15 is 0 Å². The van der Waals surface area contributed by atoms with Gasteiger partial charge in [-0.25, -0.2) is 4.79 Å². The molecule has 0 fully saturated rings. The van der Waals surface area contributed by atoms with Crippen LogP contribution in [0.2, 0.25) is 0 Å². The highest BCUT2D eigenvalue weighted by Gasteiger charge is 2.27. The van der Waals surface area contributed by atoms with E-state index < -0.39 is 0 Å². The van der Waals surface area contributed by atoms with Crippen LogP contribution in [-0.2, 0) is 14.3 Å². The summed E-state index contributed by atoms with van der Waals surface area (Å²) in [6.45, 7) is 4.04. The highest BCUT2D eigenvalue weighted by atomic mass is 127. The molecule has 1 aliphatic heterocycles. The lowest BCUT2D eigenvalue weighted by atomic mass is 10.1. The molecule has 0 amide bonds. The number of alkyl halides is 1. The summed E-state index contributed by atoms with van der Waals surface area (Å²) in [5.74, 6) is 0.493. The number of esters is 1. The highest BCUT2D eigenvalue weighted by Crippen LogP contribution is 2.26. The summed E-state index contributed by atoms with van der Waals surface area (Å²) in [4.78, 5) is 11.4. The van der Waals surface area contributed by atoms with E-state index in [1.54, 1.807) is 6.92 Å². The van der Waals surface area contributed by atoms with Crippen molar-refractivity contribution < 1.29 is 14.3 Å². The molecule has 0 saturated carbocycles. The van der Waals surface area contributed by atoms with Gasteiger partial charge in [-0.3, -0.25) is 0 Å². The summed E-state index contributed by atoms with van der Waals surface area (Å²) in [6, 6.07) is 0. The first-order chi connectivity index (χ1) is 6.19. The molecule has 4 heteroatoms. The smallest absolute Gasteiger partial charge is 0.337 e. The van der Waals surface area contributed by atoms with Crippen LogP contribution in [0, 0.1) is 0 Å². The first-order valence-corrected chi connectivity index (χ1v) is 5.81. The van der Waals surface area contributed by atoms with Gasteiger partial charge in [0.1, 0.15) is 11.9 Å². The number of ether oxygens (including phenoxy) is 2. The number of halogens is 1. The third kappa shape index (κ3) is 2.59. The van der Waals surface area contributed by atoms with Crippen molar-refractivity contribution in [3.05, 3.63) is 11.3 Å². The van der Waals surface area contributed by atoms with Crippen LogP contribution in [0.15, 0.2) is 11.3 Å². The normalized spacial score (nSPS) is 21.6. The van der Waals surface area contributed by atoms with Gasteiger partial charge in [0.15, 0.2) is 0 Å². The fourth-order valence-electron chi connectivity index (χ4n) is 1.27. The quantitative estimate of drug-likeness (QED) is 0.454. The largest absolute Gasteiger partial charge is 0.493 e. The fraction of sp³-hybridized carbons (Fsp3) is 0.667. The zero-order chi connectivity index (χ0) is 9.84. The van der Waals surface area contributed by atoms with Crippen LogP contribution < -0.4 is 0 Å². The molecule has 0 bridgehead atoms. The maximum absolute atomic E-state index is 11.4. The lowest BCUT2D eigenvalue weighted by Gasteiger charge is -2.05. The Labute approximate surface area is 91.6 Å². The Bertz CT molecular complexity index is 235. The third-order valence-corrected chi connectivity index (χ3v) is 2.88. The van der Waals surface area contributed by atoms with Gasteiger partial charge in [0.25, 0.3) is 0 Å². The molecule has 0 radical (unpaired) electrons. The first-order valence-electron chi connectivity index (χ1n) is 4.28. The van der Waals surface area contributed by atoms with Crippen molar-refractivity contribution in [2.75, 3.05) is 11.0 Å². The van der Waals surface area contributed by atoms with Gasteiger partial charge in [0.05, 0.1) is 12.2 Å². The minimum atomic E-state index is -0.229. The molecule has 13 heavy (non-hydrogen) atoms. The van der Waals surface area contributed by atoms with Crippen LogP contribution in [0.4, 0.5) is 0 Å². The molecule has 1 rings (SSSR count). The molecular formula is C9H13IO3. The van der Waals surface area contributed by atoms with Crippen molar-refractivity contribution in [3.8, 4) is 0 Å². The van der Waals surface area contributed by atoms with Crippen molar-refractivity contribution >= 4 is 28.6 Å². The van der Waals surface area contributed by atoms with E-state index in [1.807, 2.05) is 6.92 Å². The van der Waals surface area contributed by atoms with Crippen LogP contribution in [0.3, 0.4) is 0 Å². The van der Waals surface area contributed by atoms with E-state index in [4.69, 9.17) is 9.47 Å². The summed E-state index contributed by atoms with van der Waals surface area (Å²) in [5.41, 5.74) is 0.698. The second kappa shape index (κ2) is 4.83. The average Bonchev–Trinajstić information content (AvgIpc) is 2.47. The molecule has 0 aromatic heterocycles. The fourth-order valence-corrected chi connectivity index (χ4v) is 1.76. The molecular weight excluding hydrogens is 283 g/mol. The Balaban J connectivity index is 2.59. The first kappa shape index (κ1) is 10.8. The number of carbonyl (C=O) groups excluding carboxylic acids is 1. The Morgan fingerprint density at radius 3 is 2.92 bits per heavy atom. The van der Waals surface area contributed by atoms with E-state index in [0.29, 0.717) is 18.6 Å². The lowest BCUT2D eigenvalue weighted by Crippen LogP contribution is -2.10. The van der Waals surface area contributed by atoms with Crippen LogP contribution >= 0.6 is 22.6 Å². The Morgan fingerprint density at radius 1 is 1.77 bits per heavy atom. The monoisotopic (exact) mass is 296 g/mol. The zero-order valence-corrected chi connectivity index (χ0v) is 9.96. The Morgan fingerprint density at radius 2 is 2.46 bits per heavy atom. The summed E-state index contributed by atoms with van der Waals surface area (Å²) >= 11 is 2.25. The number of hydrogen-bond acceptors (Lipinski definition) is 3. The Hall–Kier alpha value is -0.260. The topological polar surface area (TPSA) is 35.5 Å². The second-order valence-electron chi connectivity index (χ2n) is 2.85. The van der Waals surface area contributed by atoms with Crippen LogP contribution in [0.1, 0.15) is 20.3 Å². The molecule has 0 aromatic rings. The van der Waals surface area contributed by atoms with Crippen molar-refractivity contribution in [3.63, 3.8) is 0 Å². The molecule has 0 aliphatic carbocycles. The van der Waals surface area contributed by atoms with Crippen molar-refractivity contribution in [1.29, 1.82) is 0 Å². The van der Waals surface area contributed by atoms with E-state index in [1.165, 1.54) is 0 Å². The van der Waals surface area contributed by atoms with Crippen LogP contribution in [-0.4, -0.2) is 23.1 Å². The van der Waals surface area contributed by atoms with Crippen LogP contribution in [0.25, 0.3) is 0 Å². The van der Waals surface area contributed by atoms with E-state index in [2.05, 4.69) is 22.6 Å². The predicted octanol–water partition coefficient (Wildman–Crippen LogP) is 2.05. The summed E-state index contributed by atoms with van der Waals surface area (Å²) < 4.78 is 11.3. The molecule has 0 spiro atoms. The number of allylic oxidation sites excluding steroid dienone is 1. The third-order valence-electron chi connectivity index (χ3n) is 1.89. The van der Waals surface area contributed by atoms with Gasteiger partial charge >= 0.3 is 5.97 Å². The standard InChI is InChI=1S/C9H13IO3/c1-3-12-9(11)8-4-7(5-10)13-6(8)2/h7H,3-5H2,1-2H3. The number of hydrogen-bond donors (Lipinski definition) is 0. The maximum atomic E-state index is 11.4. The van der Waals surface area contributed by atoms with Gasteiger partial charge in [-0.2, -0.15) is 0 Å². The molecule has 1 heterocycles. The van der Waals surface area contributed by atoms with Gasteiger partial charge in [0, 0.05) is 10.8 Å². The molecule has 74 valence electrons. The maximum Gasteiger partial charge on any atom is 0.337 e. The number of rotatable bonds is 3. The lowest BCUT2D eigenvalue weighted by molar-refractivity contribution is -0.138. The van der Waals surface area contributed by atoms with Crippen molar-refractivity contribution in [1.82, 2.24) is 0 Å². The average molecular weight is 296 g/mol. The van der Waals surface area contributed by atoms with E-state index in [-0.39, 0.29) is 12.1 Å². The van der Waals surface area contributed by atoms with Crippen LogP contribution in [0.5, 0.6) is 0 Å². The Kier molecular flexibility index (Phi) is 4.02. The highest BCUT2D eigenvalue weighted by molar-refractivity contribution is 14.1. The minimum absolute atomic E-state index is 0.153. The second-order valence-corrected chi connectivity index (χ2v) is 3.73. The molecule has 3 nitrogen and oxygen atoms in total. The summed E-state index contributed by atoms with van der Waals surface area (Å²) in [6.07, 6.45) is 0.841. The van der Waals surface area contributed by atoms with Gasteiger partial charge in [-0.05, 0) is 13.8 Å². The minimum Gasteiger partial charge on any atom is -0.493 e. The molecule has 0 aromatic carbocycles. The SMILES string of the molecule is CCOC(=O)C1=C(C)OC(CI)C1. The molecule has 1 aliphatic rings. The van der Waals surface area contributed by atoms with Crippen molar-refractivity contribution in [2.45, 2.75) is 26.4 Å². The van der Waals surface area contributed by atoms with E-state index in [0.717, 1.165) is 10.2 Å². The zero-order valence-electron chi connectivity index (χ0n) is 7.80. The van der Waals surface area contributed by atoms with E-state index in [9.17, 15) is 4.79 Å². The molecule has 0 saturated heterocycles.